The van der Waals surface area contributed by atoms with Crippen molar-refractivity contribution < 1.29 is 23.8 Å². The molecule has 1 aliphatic heterocycles. The van der Waals surface area contributed by atoms with Crippen molar-refractivity contribution in [2.24, 2.45) is 4.99 Å². The Labute approximate surface area is 251 Å². The standard InChI is InChI=1S/C36H34N2O5/c1-35(2,3)43-33(39)30-24-28(38-34(40)36(22-11-23-37-36)27-16-19-29(41-4)20-17-27)18-21-31(30)42-32(25-12-7-5-8-13-25)26-14-9-6-10-15-26/h5-24,32H,1-4H3,(H,38,40). The molecule has 0 saturated heterocycles. The zero-order valence-electron chi connectivity index (χ0n) is 24.6. The van der Waals surface area contributed by atoms with Crippen LogP contribution in [0.25, 0.3) is 0 Å². The second-order valence-corrected chi connectivity index (χ2v) is 11.1. The molecule has 1 heterocycles. The minimum Gasteiger partial charge on any atom is -0.497 e. The maximum Gasteiger partial charge on any atom is 0.342 e. The number of hydrogen-bond donors (Lipinski definition) is 1. The third-order valence-corrected chi connectivity index (χ3v) is 6.88. The summed E-state index contributed by atoms with van der Waals surface area (Å²) in [6.45, 7) is 5.41. The monoisotopic (exact) mass is 574 g/mol. The highest BCUT2D eigenvalue weighted by atomic mass is 16.6. The quantitative estimate of drug-likeness (QED) is 0.212. The van der Waals surface area contributed by atoms with Crippen molar-refractivity contribution in [2.75, 3.05) is 12.4 Å². The Bertz CT molecular complexity index is 1590. The number of methoxy groups -OCH3 is 1. The number of esters is 1. The van der Waals surface area contributed by atoms with E-state index >= 15 is 0 Å². The summed E-state index contributed by atoms with van der Waals surface area (Å²) >= 11 is 0. The smallest absolute Gasteiger partial charge is 0.342 e. The molecule has 1 amide bonds. The zero-order valence-corrected chi connectivity index (χ0v) is 24.6. The first-order valence-corrected chi connectivity index (χ1v) is 14.0. The van der Waals surface area contributed by atoms with Crippen LogP contribution in [0.4, 0.5) is 5.69 Å². The predicted molar refractivity (Wildman–Crippen MR) is 168 cm³/mol. The molecule has 1 unspecified atom stereocenters. The fraction of sp³-hybridized carbons (Fsp3) is 0.194. The summed E-state index contributed by atoms with van der Waals surface area (Å²) < 4.78 is 17.6. The summed E-state index contributed by atoms with van der Waals surface area (Å²) in [5.74, 6) is 0.0563. The van der Waals surface area contributed by atoms with Crippen molar-refractivity contribution in [2.45, 2.75) is 38.0 Å². The molecule has 0 aromatic heterocycles. The van der Waals surface area contributed by atoms with Gasteiger partial charge in [0.1, 0.15) is 28.8 Å². The number of nitrogens with one attached hydrogen (secondary N) is 1. The Morgan fingerprint density at radius 1 is 0.837 bits per heavy atom. The molecule has 0 aliphatic carbocycles. The molecule has 43 heavy (non-hydrogen) atoms. The van der Waals surface area contributed by atoms with Gasteiger partial charge < -0.3 is 19.5 Å². The summed E-state index contributed by atoms with van der Waals surface area (Å²) in [7, 11) is 1.59. The van der Waals surface area contributed by atoms with E-state index < -0.39 is 23.2 Å². The highest BCUT2D eigenvalue weighted by Gasteiger charge is 2.39. The Morgan fingerprint density at radius 2 is 1.47 bits per heavy atom. The predicted octanol–water partition coefficient (Wildman–Crippen LogP) is 7.29. The molecule has 4 aromatic rings. The Morgan fingerprint density at radius 3 is 2.00 bits per heavy atom. The van der Waals surface area contributed by atoms with E-state index in [9.17, 15) is 9.59 Å². The third-order valence-electron chi connectivity index (χ3n) is 6.88. The Balaban J connectivity index is 1.50. The van der Waals surface area contributed by atoms with Crippen molar-refractivity contribution in [3.63, 3.8) is 0 Å². The van der Waals surface area contributed by atoms with E-state index in [1.165, 1.54) is 0 Å². The van der Waals surface area contributed by atoms with Crippen LogP contribution >= 0.6 is 0 Å². The number of hydrogen-bond acceptors (Lipinski definition) is 6. The molecule has 0 bridgehead atoms. The van der Waals surface area contributed by atoms with Gasteiger partial charge in [0.15, 0.2) is 5.54 Å². The van der Waals surface area contributed by atoms with E-state index in [0.717, 1.165) is 11.1 Å². The number of anilines is 1. The number of amides is 1. The van der Waals surface area contributed by atoms with E-state index in [0.29, 0.717) is 22.7 Å². The normalized spacial score (nSPS) is 15.7. The molecule has 1 aliphatic rings. The molecule has 1 N–H and O–H groups in total. The molecule has 7 nitrogen and oxygen atoms in total. The van der Waals surface area contributed by atoms with E-state index in [1.54, 1.807) is 76.6 Å². The van der Waals surface area contributed by atoms with Crippen LogP contribution in [-0.4, -0.2) is 30.8 Å². The van der Waals surface area contributed by atoms with E-state index in [1.807, 2.05) is 72.8 Å². The van der Waals surface area contributed by atoms with Crippen molar-refractivity contribution in [3.8, 4) is 11.5 Å². The van der Waals surface area contributed by atoms with Crippen molar-refractivity contribution >= 4 is 23.8 Å². The maximum absolute atomic E-state index is 13.8. The number of benzene rings is 4. The molecule has 0 saturated carbocycles. The molecular formula is C36H34N2O5. The number of nitrogens with zero attached hydrogens (tertiary/aromatic N) is 1. The second-order valence-electron chi connectivity index (χ2n) is 11.1. The maximum atomic E-state index is 13.8. The number of carbonyl (C=O) groups is 2. The van der Waals surface area contributed by atoms with Crippen LogP contribution < -0.4 is 14.8 Å². The molecule has 7 heteroatoms. The van der Waals surface area contributed by atoms with Gasteiger partial charge in [-0.1, -0.05) is 72.8 Å². The van der Waals surface area contributed by atoms with Gasteiger partial charge in [0.05, 0.1) is 7.11 Å². The summed E-state index contributed by atoms with van der Waals surface area (Å²) in [6, 6.07) is 31.7. The fourth-order valence-corrected chi connectivity index (χ4v) is 4.81. The average molecular weight is 575 g/mol. The second kappa shape index (κ2) is 12.4. The van der Waals surface area contributed by atoms with Crippen molar-refractivity contribution in [1.29, 1.82) is 0 Å². The van der Waals surface area contributed by atoms with E-state index in [2.05, 4.69) is 10.3 Å². The summed E-state index contributed by atoms with van der Waals surface area (Å²) in [6.07, 6.45) is 4.58. The molecular weight excluding hydrogens is 540 g/mol. The van der Waals surface area contributed by atoms with Crippen molar-refractivity contribution in [3.05, 3.63) is 138 Å². The van der Waals surface area contributed by atoms with Crippen LogP contribution in [-0.2, 0) is 15.1 Å². The molecule has 5 rings (SSSR count). The number of ether oxygens (including phenoxy) is 3. The fourth-order valence-electron chi connectivity index (χ4n) is 4.81. The molecule has 4 aromatic carbocycles. The Hall–Kier alpha value is -5.17. The lowest BCUT2D eigenvalue weighted by atomic mass is 9.90. The van der Waals surface area contributed by atoms with Crippen LogP contribution in [0.1, 0.15) is 53.9 Å². The summed E-state index contributed by atoms with van der Waals surface area (Å²) in [5.41, 5.74) is 1.11. The first-order valence-electron chi connectivity index (χ1n) is 14.0. The van der Waals surface area contributed by atoms with E-state index in [4.69, 9.17) is 14.2 Å². The van der Waals surface area contributed by atoms with Gasteiger partial charge in [0, 0.05) is 11.9 Å². The van der Waals surface area contributed by atoms with Gasteiger partial charge in [-0.15, -0.1) is 0 Å². The topological polar surface area (TPSA) is 86.2 Å². The number of carbonyl (C=O) groups excluding carboxylic acids is 2. The number of rotatable bonds is 9. The number of aliphatic imine (C=N–C) groups is 1. The van der Waals surface area contributed by atoms with Gasteiger partial charge >= 0.3 is 5.97 Å². The third kappa shape index (κ3) is 6.67. The average Bonchev–Trinajstić information content (AvgIpc) is 3.52. The van der Waals surface area contributed by atoms with Gasteiger partial charge in [0.2, 0.25) is 0 Å². The lowest BCUT2D eigenvalue weighted by Crippen LogP contribution is -2.36. The minimum atomic E-state index is -1.26. The first kappa shape index (κ1) is 29.3. The SMILES string of the molecule is COc1ccc(C2(C(=O)Nc3ccc(OC(c4ccccc4)c4ccccc4)c(C(=O)OC(C)(C)C)c3)C=CC=N2)cc1. The van der Waals surface area contributed by atoms with E-state index in [-0.39, 0.29) is 11.5 Å². The van der Waals surface area contributed by atoms with Gasteiger partial charge in [-0.3, -0.25) is 9.79 Å². The highest BCUT2D eigenvalue weighted by Crippen LogP contribution is 2.36. The van der Waals surface area contributed by atoms with Crippen LogP contribution in [0, 0.1) is 0 Å². The molecule has 0 fully saturated rings. The summed E-state index contributed by atoms with van der Waals surface area (Å²) in [5, 5.41) is 2.96. The van der Waals surface area contributed by atoms with Gasteiger partial charge in [0.25, 0.3) is 5.91 Å². The van der Waals surface area contributed by atoms with Crippen LogP contribution in [0.15, 0.2) is 120 Å². The molecule has 1 atom stereocenters. The minimum absolute atomic E-state index is 0.188. The highest BCUT2D eigenvalue weighted by molar-refractivity contribution is 6.04. The van der Waals surface area contributed by atoms with Gasteiger partial charge in [-0.05, 0) is 79.9 Å². The molecule has 218 valence electrons. The van der Waals surface area contributed by atoms with Crippen LogP contribution in [0.2, 0.25) is 0 Å². The zero-order chi connectivity index (χ0) is 30.5. The Kier molecular flexibility index (Phi) is 8.44. The van der Waals surface area contributed by atoms with Crippen molar-refractivity contribution in [1.82, 2.24) is 0 Å². The van der Waals surface area contributed by atoms with Crippen LogP contribution in [0.5, 0.6) is 11.5 Å². The lowest BCUT2D eigenvalue weighted by molar-refractivity contribution is -0.119. The van der Waals surface area contributed by atoms with Gasteiger partial charge in [-0.2, -0.15) is 0 Å². The first-order chi connectivity index (χ1) is 20.7. The lowest BCUT2D eigenvalue weighted by Gasteiger charge is -2.26. The van der Waals surface area contributed by atoms with Gasteiger partial charge in [-0.25, -0.2) is 4.79 Å². The largest absolute Gasteiger partial charge is 0.497 e. The number of allylic oxidation sites excluding steroid dienone is 1. The molecule has 0 spiro atoms. The van der Waals surface area contributed by atoms with Crippen LogP contribution in [0.3, 0.4) is 0 Å². The summed E-state index contributed by atoms with van der Waals surface area (Å²) in [4.78, 5) is 31.8. The molecule has 0 radical (unpaired) electrons.